The highest BCUT2D eigenvalue weighted by Gasteiger charge is 2.15. The van der Waals surface area contributed by atoms with Gasteiger partial charge in [-0.05, 0) is 55.5 Å². The molecule has 1 atom stereocenters. The van der Waals surface area contributed by atoms with Crippen LogP contribution in [0.4, 0.5) is 5.69 Å². The van der Waals surface area contributed by atoms with E-state index in [1.165, 1.54) is 0 Å². The Morgan fingerprint density at radius 2 is 1.88 bits per heavy atom. The van der Waals surface area contributed by atoms with Crippen molar-refractivity contribution in [1.82, 2.24) is 4.98 Å². The zero-order valence-corrected chi connectivity index (χ0v) is 15.3. The lowest BCUT2D eigenvalue weighted by atomic mass is 10.2. The van der Waals surface area contributed by atoms with Gasteiger partial charge in [-0.25, -0.2) is 4.98 Å². The summed E-state index contributed by atoms with van der Waals surface area (Å²) in [5.41, 5.74) is 1.76. The Hall–Kier alpha value is -2.18. The van der Waals surface area contributed by atoms with Gasteiger partial charge in [-0.1, -0.05) is 15.9 Å². The number of carbonyl (C=O) groups excluding carboxylic acids is 1. The van der Waals surface area contributed by atoms with Crippen LogP contribution in [-0.2, 0) is 4.79 Å². The second kappa shape index (κ2) is 7.59. The van der Waals surface area contributed by atoms with E-state index in [0.29, 0.717) is 5.75 Å². The molecule has 6 heteroatoms. The van der Waals surface area contributed by atoms with E-state index >= 15 is 0 Å². The number of carbonyl (C=O) groups is 1. The number of thiazole rings is 1. The van der Waals surface area contributed by atoms with Crippen LogP contribution in [0.5, 0.6) is 5.75 Å². The lowest BCUT2D eigenvalue weighted by Gasteiger charge is -2.15. The van der Waals surface area contributed by atoms with Crippen LogP contribution < -0.4 is 10.1 Å². The number of nitrogens with zero attached hydrogens (tertiary/aromatic N) is 1. The van der Waals surface area contributed by atoms with Gasteiger partial charge in [0.25, 0.3) is 5.91 Å². The molecule has 24 heavy (non-hydrogen) atoms. The number of ether oxygens (including phenoxy) is 1. The highest BCUT2D eigenvalue weighted by atomic mass is 79.9. The zero-order chi connectivity index (χ0) is 16.9. The molecule has 1 aromatic heterocycles. The molecule has 0 aliphatic rings. The number of halogens is 1. The van der Waals surface area contributed by atoms with Crippen LogP contribution in [0, 0.1) is 0 Å². The maximum absolute atomic E-state index is 12.2. The summed E-state index contributed by atoms with van der Waals surface area (Å²) in [4.78, 5) is 16.5. The molecule has 0 bridgehead atoms. The summed E-state index contributed by atoms with van der Waals surface area (Å²) in [5.74, 6) is 0.458. The van der Waals surface area contributed by atoms with Gasteiger partial charge < -0.3 is 10.1 Å². The largest absolute Gasteiger partial charge is 0.481 e. The predicted octanol–water partition coefficient (Wildman–Crippen LogP) is 4.98. The summed E-state index contributed by atoms with van der Waals surface area (Å²) in [6.07, 6.45) is 1.18. The lowest BCUT2D eigenvalue weighted by molar-refractivity contribution is -0.122. The summed E-state index contributed by atoms with van der Waals surface area (Å²) in [5, 5.41) is 5.75. The summed E-state index contributed by atoms with van der Waals surface area (Å²) >= 11 is 4.95. The standard InChI is InChI=1S/C18H15BrN2O2S/c1-12(23-16-8-4-14(19)5-9-16)17(22)21-15-6-2-13(3-7-15)18-20-10-11-24-18/h2-12H,1H3,(H,21,22). The van der Waals surface area contributed by atoms with Crippen molar-refractivity contribution in [2.24, 2.45) is 0 Å². The normalized spacial score (nSPS) is 11.8. The summed E-state index contributed by atoms with van der Waals surface area (Å²) < 4.78 is 6.61. The van der Waals surface area contributed by atoms with Gasteiger partial charge in [0.05, 0.1) is 0 Å². The third kappa shape index (κ3) is 4.21. The van der Waals surface area contributed by atoms with Crippen LogP contribution >= 0.6 is 27.3 Å². The van der Waals surface area contributed by atoms with Crippen molar-refractivity contribution in [2.45, 2.75) is 13.0 Å². The average molecular weight is 403 g/mol. The molecule has 2 aromatic carbocycles. The van der Waals surface area contributed by atoms with Crippen molar-refractivity contribution in [3.8, 4) is 16.3 Å². The van der Waals surface area contributed by atoms with Crippen molar-refractivity contribution in [2.75, 3.05) is 5.32 Å². The van der Waals surface area contributed by atoms with Crippen molar-refractivity contribution in [1.29, 1.82) is 0 Å². The molecule has 1 heterocycles. The molecule has 1 N–H and O–H groups in total. The first-order valence-corrected chi connectivity index (χ1v) is 9.02. The van der Waals surface area contributed by atoms with E-state index in [-0.39, 0.29) is 5.91 Å². The number of hydrogen-bond acceptors (Lipinski definition) is 4. The second-order valence-corrected chi connectivity index (χ2v) is 6.93. The minimum atomic E-state index is -0.593. The number of aromatic nitrogens is 1. The average Bonchev–Trinajstić information content (AvgIpc) is 3.12. The van der Waals surface area contributed by atoms with Crippen LogP contribution in [0.3, 0.4) is 0 Å². The number of anilines is 1. The fourth-order valence-corrected chi connectivity index (χ4v) is 2.99. The Balaban J connectivity index is 1.60. The van der Waals surface area contributed by atoms with Crippen LogP contribution in [0.1, 0.15) is 6.92 Å². The molecule has 1 unspecified atom stereocenters. The summed E-state index contributed by atoms with van der Waals surface area (Å²) in [6.45, 7) is 1.72. The predicted molar refractivity (Wildman–Crippen MR) is 100 cm³/mol. The number of benzene rings is 2. The first-order chi connectivity index (χ1) is 11.6. The van der Waals surface area contributed by atoms with Crippen LogP contribution in [0.2, 0.25) is 0 Å². The fraction of sp³-hybridized carbons (Fsp3) is 0.111. The monoisotopic (exact) mass is 402 g/mol. The molecule has 0 saturated heterocycles. The first kappa shape index (κ1) is 16.7. The summed E-state index contributed by atoms with van der Waals surface area (Å²) in [7, 11) is 0. The molecule has 3 rings (SSSR count). The highest BCUT2D eigenvalue weighted by molar-refractivity contribution is 9.10. The number of amides is 1. The van der Waals surface area contributed by atoms with E-state index < -0.39 is 6.10 Å². The molecule has 0 radical (unpaired) electrons. The zero-order valence-electron chi connectivity index (χ0n) is 12.9. The minimum Gasteiger partial charge on any atom is -0.481 e. The Labute approximate surface area is 152 Å². The van der Waals surface area contributed by atoms with Gasteiger partial charge in [-0.2, -0.15) is 0 Å². The van der Waals surface area contributed by atoms with Crippen LogP contribution in [0.25, 0.3) is 10.6 Å². The molecular weight excluding hydrogens is 388 g/mol. The van der Waals surface area contributed by atoms with E-state index in [4.69, 9.17) is 4.74 Å². The van der Waals surface area contributed by atoms with Crippen molar-refractivity contribution < 1.29 is 9.53 Å². The van der Waals surface area contributed by atoms with Gasteiger partial charge >= 0.3 is 0 Å². The van der Waals surface area contributed by atoms with Gasteiger partial charge in [0.15, 0.2) is 6.10 Å². The maximum Gasteiger partial charge on any atom is 0.265 e. The second-order valence-electron chi connectivity index (χ2n) is 5.12. The molecule has 0 fully saturated rings. The SMILES string of the molecule is CC(Oc1ccc(Br)cc1)C(=O)Nc1ccc(-c2nccs2)cc1. The van der Waals surface area contributed by atoms with Crippen LogP contribution in [-0.4, -0.2) is 17.0 Å². The fourth-order valence-electron chi connectivity index (χ4n) is 2.08. The topological polar surface area (TPSA) is 51.2 Å². The Bertz CT molecular complexity index is 802. The number of hydrogen-bond donors (Lipinski definition) is 1. The molecule has 122 valence electrons. The first-order valence-electron chi connectivity index (χ1n) is 7.35. The summed E-state index contributed by atoms with van der Waals surface area (Å²) in [6, 6.07) is 15.0. The Kier molecular flexibility index (Phi) is 5.27. The molecule has 0 aliphatic heterocycles. The van der Waals surface area contributed by atoms with Crippen molar-refractivity contribution in [3.63, 3.8) is 0 Å². The van der Waals surface area contributed by atoms with Crippen molar-refractivity contribution in [3.05, 3.63) is 64.6 Å². The van der Waals surface area contributed by atoms with Crippen molar-refractivity contribution >= 4 is 38.9 Å². The molecule has 3 aromatic rings. The molecule has 4 nitrogen and oxygen atoms in total. The Morgan fingerprint density at radius 1 is 1.17 bits per heavy atom. The molecule has 0 aliphatic carbocycles. The lowest BCUT2D eigenvalue weighted by Crippen LogP contribution is -2.30. The third-order valence-electron chi connectivity index (χ3n) is 3.33. The van der Waals surface area contributed by atoms with Gasteiger partial charge in [0.2, 0.25) is 0 Å². The van der Waals surface area contributed by atoms with E-state index in [9.17, 15) is 4.79 Å². The Morgan fingerprint density at radius 3 is 2.50 bits per heavy atom. The maximum atomic E-state index is 12.2. The smallest absolute Gasteiger partial charge is 0.265 e. The third-order valence-corrected chi connectivity index (χ3v) is 4.68. The van der Waals surface area contributed by atoms with E-state index in [1.54, 1.807) is 24.5 Å². The van der Waals surface area contributed by atoms with Gasteiger partial charge in [-0.3, -0.25) is 4.79 Å². The quantitative estimate of drug-likeness (QED) is 0.654. The van der Waals surface area contributed by atoms with E-state index in [1.807, 2.05) is 53.9 Å². The molecule has 1 amide bonds. The van der Waals surface area contributed by atoms with Gasteiger partial charge in [-0.15, -0.1) is 11.3 Å². The molecule has 0 spiro atoms. The highest BCUT2D eigenvalue weighted by Crippen LogP contribution is 2.23. The number of rotatable bonds is 5. The molecule has 0 saturated carbocycles. The number of nitrogens with one attached hydrogen (secondary N) is 1. The van der Waals surface area contributed by atoms with Crippen LogP contribution in [0.15, 0.2) is 64.6 Å². The van der Waals surface area contributed by atoms with Gasteiger partial charge in [0, 0.05) is 27.3 Å². The van der Waals surface area contributed by atoms with E-state index in [2.05, 4.69) is 26.2 Å². The van der Waals surface area contributed by atoms with Gasteiger partial charge in [0.1, 0.15) is 10.8 Å². The van der Waals surface area contributed by atoms with E-state index in [0.717, 1.165) is 20.7 Å². The minimum absolute atomic E-state index is 0.195. The molecular formula is C18H15BrN2O2S.